The van der Waals surface area contributed by atoms with Crippen molar-refractivity contribution in [2.75, 3.05) is 6.61 Å². The number of nitrogens with one attached hydrogen (secondary N) is 4. The molecule has 1 aliphatic heterocycles. The summed E-state index contributed by atoms with van der Waals surface area (Å²) in [5.74, 6) is 0. The number of hydrogen-bond acceptors (Lipinski definition) is 1. The minimum absolute atomic E-state index is 0.0475. The zero-order chi connectivity index (χ0) is 17.5. The zero-order valence-electron chi connectivity index (χ0n) is 14.0. The molecule has 8 bridgehead atoms. The van der Waals surface area contributed by atoms with E-state index in [1.54, 1.807) is 0 Å². The highest BCUT2D eigenvalue weighted by molar-refractivity contribution is 5.64. The predicted octanol–water partition coefficient (Wildman–Crippen LogP) is -0.00990. The molecule has 0 saturated carbocycles. The number of aromatic nitrogens is 4. The Morgan fingerprint density at radius 3 is 1.85 bits per heavy atom. The van der Waals surface area contributed by atoms with Crippen molar-refractivity contribution < 1.29 is 5.11 Å². The summed E-state index contributed by atoms with van der Waals surface area (Å²) in [5, 5.41) is 13.8. The van der Waals surface area contributed by atoms with Crippen molar-refractivity contribution in [1.29, 1.82) is 0 Å². The van der Waals surface area contributed by atoms with Gasteiger partial charge in [0.05, 0.1) is 6.61 Å². The molecule has 4 aromatic rings. The van der Waals surface area contributed by atoms with Gasteiger partial charge < -0.3 is 25.0 Å². The molecule has 5 heteroatoms. The molecule has 0 aromatic carbocycles. The van der Waals surface area contributed by atoms with Crippen LogP contribution in [0.5, 0.6) is 0 Å². The van der Waals surface area contributed by atoms with Gasteiger partial charge in [0.15, 0.2) is 0 Å². The van der Waals surface area contributed by atoms with E-state index in [0.717, 1.165) is 49.7 Å². The molecule has 0 spiro atoms. The van der Waals surface area contributed by atoms with Crippen LogP contribution < -0.4 is 21.4 Å². The summed E-state index contributed by atoms with van der Waals surface area (Å²) in [6.45, 7) is -0.0475. The SMILES string of the molecule is OCC1=c2ccc([nH]2)=Cc2ccc([nH]2)C=c2ccc([nH]2)=Cc2ccc1[nH]2. The first-order chi connectivity index (χ1) is 12.8. The molecule has 5 nitrogen and oxygen atoms in total. The molecular formula is C21H18N4O. The van der Waals surface area contributed by atoms with E-state index in [0.29, 0.717) is 0 Å². The second kappa shape index (κ2) is 5.82. The highest BCUT2D eigenvalue weighted by Crippen LogP contribution is 2.11. The number of hydrogen-bond donors (Lipinski definition) is 5. The molecular weight excluding hydrogens is 324 g/mol. The monoisotopic (exact) mass is 342 g/mol. The van der Waals surface area contributed by atoms with Crippen molar-refractivity contribution in [2.24, 2.45) is 0 Å². The van der Waals surface area contributed by atoms with E-state index in [2.05, 4.69) is 50.3 Å². The van der Waals surface area contributed by atoms with E-state index < -0.39 is 0 Å². The number of aliphatic hydroxyl groups excluding tert-OH is 1. The Bertz CT molecular complexity index is 1330. The summed E-state index contributed by atoms with van der Waals surface area (Å²) in [5.41, 5.74) is 4.77. The highest BCUT2D eigenvalue weighted by Gasteiger charge is 2.05. The lowest BCUT2D eigenvalue weighted by molar-refractivity contribution is 0.349. The highest BCUT2D eigenvalue weighted by atomic mass is 16.3. The molecule has 5 N–H and O–H groups in total. The van der Waals surface area contributed by atoms with Crippen molar-refractivity contribution in [2.45, 2.75) is 0 Å². The first kappa shape index (κ1) is 14.9. The van der Waals surface area contributed by atoms with Gasteiger partial charge in [0.2, 0.25) is 0 Å². The quantitative estimate of drug-likeness (QED) is 0.331. The van der Waals surface area contributed by atoms with Gasteiger partial charge in [-0.2, -0.15) is 0 Å². The number of H-pyrrole nitrogens is 4. The summed E-state index contributed by atoms with van der Waals surface area (Å²) in [4.78, 5) is 13.5. The van der Waals surface area contributed by atoms with Gasteiger partial charge in [0.1, 0.15) is 0 Å². The number of rotatable bonds is 1. The fourth-order valence-corrected chi connectivity index (χ4v) is 3.36. The van der Waals surface area contributed by atoms with Crippen molar-refractivity contribution in [3.8, 4) is 0 Å². The molecule has 5 heterocycles. The molecule has 0 atom stereocenters. The lowest BCUT2D eigenvalue weighted by atomic mass is 10.2. The van der Waals surface area contributed by atoms with Crippen molar-refractivity contribution in [3.05, 3.63) is 92.7 Å². The van der Waals surface area contributed by atoms with E-state index in [4.69, 9.17) is 0 Å². The minimum Gasteiger partial charge on any atom is -0.392 e. The minimum atomic E-state index is -0.0475. The van der Waals surface area contributed by atoms with E-state index >= 15 is 0 Å². The maximum Gasteiger partial charge on any atom is 0.0722 e. The van der Waals surface area contributed by atoms with E-state index in [1.165, 1.54) is 0 Å². The van der Waals surface area contributed by atoms with Crippen LogP contribution in [-0.4, -0.2) is 31.6 Å². The van der Waals surface area contributed by atoms with Crippen molar-refractivity contribution in [1.82, 2.24) is 19.9 Å². The average Bonchev–Trinajstić information content (AvgIpc) is 3.39. The second-order valence-electron chi connectivity index (χ2n) is 6.46. The third kappa shape index (κ3) is 2.64. The molecule has 0 amide bonds. The summed E-state index contributed by atoms with van der Waals surface area (Å²) in [7, 11) is 0. The first-order valence-electron chi connectivity index (χ1n) is 8.54. The van der Waals surface area contributed by atoms with Crippen LogP contribution in [0, 0.1) is 0 Å². The van der Waals surface area contributed by atoms with Gasteiger partial charge in [0, 0.05) is 49.7 Å². The Morgan fingerprint density at radius 2 is 1.15 bits per heavy atom. The van der Waals surface area contributed by atoms with Crippen LogP contribution in [0.1, 0.15) is 22.8 Å². The Kier molecular flexibility index (Phi) is 3.33. The maximum atomic E-state index is 9.89. The van der Waals surface area contributed by atoms with E-state index in [9.17, 15) is 5.11 Å². The van der Waals surface area contributed by atoms with Crippen molar-refractivity contribution >= 4 is 23.8 Å². The number of fused-ring (bicyclic) bond motifs is 8. The Morgan fingerprint density at radius 1 is 0.577 bits per heavy atom. The lowest BCUT2D eigenvalue weighted by Crippen LogP contribution is -2.15. The third-order valence-electron chi connectivity index (χ3n) is 4.62. The van der Waals surface area contributed by atoms with Gasteiger partial charge in [-0.15, -0.1) is 0 Å². The smallest absolute Gasteiger partial charge is 0.0722 e. The molecule has 0 fully saturated rings. The molecule has 1 aliphatic rings. The molecule has 128 valence electrons. The van der Waals surface area contributed by atoms with Gasteiger partial charge in [-0.25, -0.2) is 0 Å². The Labute approximate surface area is 148 Å². The Balaban J connectivity index is 1.82. The summed E-state index contributed by atoms with van der Waals surface area (Å²) >= 11 is 0. The van der Waals surface area contributed by atoms with Crippen LogP contribution in [0.4, 0.5) is 0 Å². The molecule has 0 saturated heterocycles. The van der Waals surface area contributed by atoms with Gasteiger partial charge in [-0.05, 0) is 66.8 Å². The second-order valence-corrected chi connectivity index (χ2v) is 6.46. The summed E-state index contributed by atoms with van der Waals surface area (Å²) in [6, 6.07) is 16.2. The molecule has 0 aliphatic carbocycles. The van der Waals surface area contributed by atoms with E-state index in [1.807, 2.05) is 36.4 Å². The molecule has 0 radical (unpaired) electrons. The first-order valence-corrected chi connectivity index (χ1v) is 8.54. The zero-order valence-corrected chi connectivity index (χ0v) is 14.0. The normalized spacial score (nSPS) is 13.0. The van der Waals surface area contributed by atoms with Gasteiger partial charge in [-0.3, -0.25) is 0 Å². The van der Waals surface area contributed by atoms with Crippen LogP contribution in [0.2, 0.25) is 0 Å². The molecule has 0 unspecified atom stereocenters. The summed E-state index contributed by atoms with van der Waals surface area (Å²) < 4.78 is 0. The van der Waals surface area contributed by atoms with Crippen LogP contribution in [0.15, 0.2) is 48.5 Å². The standard InChI is InChI=1S/C21H18N4O/c26-12-19-20-7-5-17(24-20)10-15-3-1-13(22-15)9-14-2-4-16(23-14)11-18-6-8-21(19)25-18/h1-11,22-26H,12H2. The van der Waals surface area contributed by atoms with Crippen LogP contribution in [-0.2, 0) is 0 Å². The molecule has 5 rings (SSSR count). The van der Waals surface area contributed by atoms with Gasteiger partial charge >= 0.3 is 0 Å². The van der Waals surface area contributed by atoms with Crippen molar-refractivity contribution in [3.63, 3.8) is 0 Å². The lowest BCUT2D eigenvalue weighted by Gasteiger charge is -1.99. The molecule has 26 heavy (non-hydrogen) atoms. The van der Waals surface area contributed by atoms with Gasteiger partial charge in [-0.1, -0.05) is 0 Å². The average molecular weight is 342 g/mol. The van der Waals surface area contributed by atoms with Crippen LogP contribution >= 0.6 is 0 Å². The largest absolute Gasteiger partial charge is 0.392 e. The fraction of sp³-hybridized carbons (Fsp3) is 0.0476. The third-order valence-corrected chi connectivity index (χ3v) is 4.62. The van der Waals surface area contributed by atoms with Crippen LogP contribution in [0.25, 0.3) is 23.8 Å². The predicted molar refractivity (Wildman–Crippen MR) is 102 cm³/mol. The maximum absolute atomic E-state index is 9.89. The number of aromatic amines is 4. The topological polar surface area (TPSA) is 83.4 Å². The van der Waals surface area contributed by atoms with Crippen LogP contribution in [0.3, 0.4) is 0 Å². The Hall–Kier alpha value is -3.44. The van der Waals surface area contributed by atoms with Gasteiger partial charge in [0.25, 0.3) is 0 Å². The summed E-state index contributed by atoms with van der Waals surface area (Å²) in [6.07, 6.45) is 6.18. The fourth-order valence-electron chi connectivity index (χ4n) is 3.36. The van der Waals surface area contributed by atoms with E-state index in [-0.39, 0.29) is 6.61 Å². The number of aliphatic hydroxyl groups is 1. The molecule has 4 aromatic heterocycles.